The number of aromatic nitrogens is 6. The van der Waals surface area contributed by atoms with Crippen LogP contribution >= 0.6 is 0 Å². The lowest BCUT2D eigenvalue weighted by Gasteiger charge is -2.30. The standard InChI is InChI=1S/C19H24N10O/c1-11-8-16(28-19(25-11)29-23-6-7-24-29)27-15-9-12(10-22-17(15)18(21)30)26-14-5-3-2-4-13(14)20/h6-10,13-14,26H,2-5,20H2,1H3,(H2,21,30)(H,25,27,28)/t13-,14+/m0/s1. The largest absolute Gasteiger partial charge is 0.379 e. The zero-order valence-electron chi connectivity index (χ0n) is 16.6. The van der Waals surface area contributed by atoms with Gasteiger partial charge in [0.05, 0.1) is 30.0 Å². The summed E-state index contributed by atoms with van der Waals surface area (Å²) in [6, 6.07) is 3.78. The van der Waals surface area contributed by atoms with E-state index in [1.807, 2.05) is 6.92 Å². The summed E-state index contributed by atoms with van der Waals surface area (Å²) in [7, 11) is 0. The molecular weight excluding hydrogens is 384 g/mol. The van der Waals surface area contributed by atoms with Crippen molar-refractivity contribution in [2.24, 2.45) is 11.5 Å². The Kier molecular flexibility index (Phi) is 5.53. The Morgan fingerprint density at radius 1 is 1.17 bits per heavy atom. The van der Waals surface area contributed by atoms with Crippen LogP contribution in [0.3, 0.4) is 0 Å². The normalized spacial score (nSPS) is 18.7. The van der Waals surface area contributed by atoms with E-state index in [-0.39, 0.29) is 17.8 Å². The highest BCUT2D eigenvalue weighted by Gasteiger charge is 2.22. The summed E-state index contributed by atoms with van der Waals surface area (Å²) >= 11 is 0. The van der Waals surface area contributed by atoms with Crippen LogP contribution in [-0.2, 0) is 0 Å². The molecule has 1 amide bonds. The van der Waals surface area contributed by atoms with Crippen LogP contribution in [0.4, 0.5) is 17.2 Å². The van der Waals surface area contributed by atoms with Gasteiger partial charge in [0.1, 0.15) is 5.82 Å². The number of nitrogens with one attached hydrogen (secondary N) is 2. The number of hydrogen-bond donors (Lipinski definition) is 4. The van der Waals surface area contributed by atoms with Gasteiger partial charge in [-0.3, -0.25) is 4.79 Å². The van der Waals surface area contributed by atoms with Crippen molar-refractivity contribution in [1.82, 2.24) is 29.9 Å². The van der Waals surface area contributed by atoms with Crippen molar-refractivity contribution in [1.29, 1.82) is 0 Å². The average Bonchev–Trinajstić information content (AvgIpc) is 3.24. The number of rotatable bonds is 6. The number of anilines is 3. The SMILES string of the molecule is Cc1cc(Nc2cc(N[C@@H]3CCCC[C@@H]3N)cnc2C(N)=O)nc(-n2nccn2)n1. The minimum atomic E-state index is -0.641. The van der Waals surface area contributed by atoms with E-state index in [0.717, 1.165) is 31.4 Å². The maximum Gasteiger partial charge on any atom is 0.270 e. The van der Waals surface area contributed by atoms with Gasteiger partial charge in [0.2, 0.25) is 0 Å². The van der Waals surface area contributed by atoms with Crippen LogP contribution in [0.5, 0.6) is 0 Å². The van der Waals surface area contributed by atoms with Gasteiger partial charge in [0, 0.05) is 23.8 Å². The molecule has 6 N–H and O–H groups in total. The Balaban J connectivity index is 1.63. The molecule has 2 atom stereocenters. The van der Waals surface area contributed by atoms with Crippen molar-refractivity contribution in [3.05, 3.63) is 42.1 Å². The summed E-state index contributed by atoms with van der Waals surface area (Å²) in [6.45, 7) is 1.83. The van der Waals surface area contributed by atoms with E-state index in [0.29, 0.717) is 23.1 Å². The smallest absolute Gasteiger partial charge is 0.270 e. The molecular formula is C19H24N10O. The Morgan fingerprint density at radius 2 is 1.93 bits per heavy atom. The Morgan fingerprint density at radius 3 is 2.67 bits per heavy atom. The lowest BCUT2D eigenvalue weighted by molar-refractivity contribution is 0.0996. The summed E-state index contributed by atoms with van der Waals surface area (Å²) < 4.78 is 0. The van der Waals surface area contributed by atoms with Gasteiger partial charge in [-0.25, -0.2) is 9.97 Å². The summed E-state index contributed by atoms with van der Waals surface area (Å²) in [5, 5.41) is 14.7. The van der Waals surface area contributed by atoms with Crippen LogP contribution in [0, 0.1) is 6.92 Å². The average molecular weight is 408 g/mol. The molecule has 3 heterocycles. The Labute approximate surface area is 173 Å². The van der Waals surface area contributed by atoms with Crippen LogP contribution in [0.2, 0.25) is 0 Å². The maximum absolute atomic E-state index is 11.9. The number of aryl methyl sites for hydroxylation is 1. The highest BCUT2D eigenvalue weighted by molar-refractivity contribution is 5.97. The number of nitrogens with two attached hydrogens (primary N) is 2. The molecule has 1 saturated carbocycles. The third-order valence-corrected chi connectivity index (χ3v) is 5.00. The Hall–Kier alpha value is -3.60. The first-order valence-corrected chi connectivity index (χ1v) is 9.81. The van der Waals surface area contributed by atoms with Crippen molar-refractivity contribution in [3.8, 4) is 5.95 Å². The molecule has 0 aliphatic heterocycles. The highest BCUT2D eigenvalue weighted by atomic mass is 16.1. The van der Waals surface area contributed by atoms with Crippen LogP contribution in [-0.4, -0.2) is 47.9 Å². The quantitative estimate of drug-likeness (QED) is 0.470. The molecule has 0 spiro atoms. The van der Waals surface area contributed by atoms with Gasteiger partial charge in [0.25, 0.3) is 11.9 Å². The second-order valence-electron chi connectivity index (χ2n) is 7.32. The van der Waals surface area contributed by atoms with Gasteiger partial charge in [0.15, 0.2) is 5.69 Å². The third kappa shape index (κ3) is 4.35. The predicted molar refractivity (Wildman–Crippen MR) is 112 cm³/mol. The molecule has 0 aromatic carbocycles. The molecule has 4 rings (SSSR count). The monoisotopic (exact) mass is 408 g/mol. The fourth-order valence-electron chi connectivity index (χ4n) is 3.55. The number of pyridine rings is 1. The molecule has 11 heteroatoms. The van der Waals surface area contributed by atoms with Crippen molar-refractivity contribution in [3.63, 3.8) is 0 Å². The van der Waals surface area contributed by atoms with Gasteiger partial charge in [-0.15, -0.1) is 4.80 Å². The van der Waals surface area contributed by atoms with Crippen LogP contribution < -0.4 is 22.1 Å². The molecule has 156 valence electrons. The highest BCUT2D eigenvalue weighted by Crippen LogP contribution is 2.26. The predicted octanol–water partition coefficient (Wildman–Crippen LogP) is 1.29. The van der Waals surface area contributed by atoms with E-state index < -0.39 is 5.91 Å². The van der Waals surface area contributed by atoms with Crippen LogP contribution in [0.1, 0.15) is 41.9 Å². The Bertz CT molecular complexity index is 1040. The van der Waals surface area contributed by atoms with E-state index >= 15 is 0 Å². The van der Waals surface area contributed by atoms with Crippen molar-refractivity contribution in [2.75, 3.05) is 10.6 Å². The van der Waals surface area contributed by atoms with Crippen molar-refractivity contribution < 1.29 is 4.79 Å². The third-order valence-electron chi connectivity index (χ3n) is 5.00. The van der Waals surface area contributed by atoms with Crippen molar-refractivity contribution >= 4 is 23.1 Å². The first kappa shape index (κ1) is 19.7. The zero-order chi connectivity index (χ0) is 21.1. The maximum atomic E-state index is 11.9. The number of amides is 1. The number of carbonyl (C=O) groups excluding carboxylic acids is 1. The number of carbonyl (C=O) groups is 1. The minimum absolute atomic E-state index is 0.0830. The molecule has 0 unspecified atom stereocenters. The van der Waals surface area contributed by atoms with E-state index in [2.05, 4.69) is 35.8 Å². The molecule has 0 bridgehead atoms. The molecule has 3 aromatic heterocycles. The zero-order valence-corrected chi connectivity index (χ0v) is 16.6. The molecule has 1 aliphatic rings. The van der Waals surface area contributed by atoms with Gasteiger partial charge in [-0.2, -0.15) is 15.2 Å². The number of hydrogen-bond acceptors (Lipinski definition) is 9. The molecule has 3 aromatic rings. The molecule has 11 nitrogen and oxygen atoms in total. The molecule has 1 fully saturated rings. The summed E-state index contributed by atoms with van der Waals surface area (Å²) in [5.74, 6) is 0.127. The van der Waals surface area contributed by atoms with E-state index in [1.165, 1.54) is 4.80 Å². The summed E-state index contributed by atoms with van der Waals surface area (Å²) in [5.41, 5.74) is 13.8. The van der Waals surface area contributed by atoms with Crippen LogP contribution in [0.25, 0.3) is 5.95 Å². The molecule has 1 aliphatic carbocycles. The van der Waals surface area contributed by atoms with E-state index in [1.54, 1.807) is 30.7 Å². The minimum Gasteiger partial charge on any atom is -0.379 e. The van der Waals surface area contributed by atoms with E-state index in [9.17, 15) is 4.79 Å². The molecule has 0 radical (unpaired) electrons. The van der Waals surface area contributed by atoms with Crippen molar-refractivity contribution in [2.45, 2.75) is 44.7 Å². The topological polar surface area (TPSA) is 163 Å². The molecule has 0 saturated heterocycles. The second kappa shape index (κ2) is 8.41. The fourth-order valence-corrected chi connectivity index (χ4v) is 3.55. The first-order chi connectivity index (χ1) is 14.5. The van der Waals surface area contributed by atoms with E-state index in [4.69, 9.17) is 11.5 Å². The first-order valence-electron chi connectivity index (χ1n) is 9.81. The fraction of sp³-hybridized carbons (Fsp3) is 0.368. The van der Waals surface area contributed by atoms with Gasteiger partial charge in [-0.05, 0) is 25.8 Å². The lowest BCUT2D eigenvalue weighted by Crippen LogP contribution is -2.42. The second-order valence-corrected chi connectivity index (χ2v) is 7.32. The summed E-state index contributed by atoms with van der Waals surface area (Å²) in [6.07, 6.45) is 8.93. The van der Waals surface area contributed by atoms with Crippen LogP contribution in [0.15, 0.2) is 30.7 Å². The van der Waals surface area contributed by atoms with Gasteiger partial charge in [-0.1, -0.05) is 12.8 Å². The number of primary amides is 1. The summed E-state index contributed by atoms with van der Waals surface area (Å²) in [4.78, 5) is 26.2. The molecule has 30 heavy (non-hydrogen) atoms. The lowest BCUT2D eigenvalue weighted by atomic mass is 9.91. The van der Waals surface area contributed by atoms with Gasteiger partial charge >= 0.3 is 0 Å². The number of nitrogens with zero attached hydrogens (tertiary/aromatic N) is 6. The van der Waals surface area contributed by atoms with Gasteiger partial charge < -0.3 is 22.1 Å².